The molecular weight excluding hydrogens is 476 g/mol. The number of hydrogen-bond acceptors (Lipinski definition) is 7. The average Bonchev–Trinajstić information content (AvgIpc) is 3.29. The van der Waals surface area contributed by atoms with E-state index in [2.05, 4.69) is 20.6 Å². The van der Waals surface area contributed by atoms with Crippen LogP contribution in [0.5, 0.6) is 0 Å². The molecule has 37 heavy (non-hydrogen) atoms. The molecule has 2 unspecified atom stereocenters. The largest absolute Gasteiger partial charge is 0.453 e. The van der Waals surface area contributed by atoms with Crippen molar-refractivity contribution in [2.45, 2.75) is 57.5 Å². The Bertz CT molecular complexity index is 1080. The van der Waals surface area contributed by atoms with Gasteiger partial charge in [0.25, 0.3) is 5.91 Å². The number of morpholine rings is 1. The number of nitrogens with two attached hydrogens (primary N) is 1. The predicted octanol–water partition coefficient (Wildman–Crippen LogP) is 1.74. The number of amides is 3. The molecule has 1 aromatic heterocycles. The molecule has 0 spiro atoms. The van der Waals surface area contributed by atoms with Crippen LogP contribution in [0.2, 0.25) is 0 Å². The zero-order valence-electron chi connectivity index (χ0n) is 21.9. The fraction of sp³-hybridized carbons (Fsp3) is 0.692. The first-order chi connectivity index (χ1) is 17.6. The van der Waals surface area contributed by atoms with Gasteiger partial charge in [-0.2, -0.15) is 5.10 Å². The van der Waals surface area contributed by atoms with Gasteiger partial charge in [0, 0.05) is 30.7 Å². The average molecular weight is 515 g/mol. The first-order valence-corrected chi connectivity index (χ1v) is 13.2. The van der Waals surface area contributed by atoms with Crippen molar-refractivity contribution in [3.63, 3.8) is 0 Å². The molecular formula is C26H38N6O5. The Labute approximate surface area is 217 Å². The van der Waals surface area contributed by atoms with Crippen molar-refractivity contribution in [3.05, 3.63) is 17.8 Å². The number of anilines is 1. The van der Waals surface area contributed by atoms with Crippen molar-refractivity contribution in [2.75, 3.05) is 38.3 Å². The zero-order valence-corrected chi connectivity index (χ0v) is 21.9. The summed E-state index contributed by atoms with van der Waals surface area (Å²) in [6.07, 6.45) is 9.15. The van der Waals surface area contributed by atoms with Crippen LogP contribution >= 0.6 is 0 Å². The predicted molar refractivity (Wildman–Crippen MR) is 137 cm³/mol. The lowest BCUT2D eigenvalue weighted by Gasteiger charge is -2.58. The van der Waals surface area contributed by atoms with Crippen molar-refractivity contribution >= 4 is 29.9 Å². The smallest absolute Gasteiger partial charge is 0.407 e. The number of methoxy groups -OCH3 is 1. The molecule has 1 saturated heterocycles. The molecule has 11 heteroatoms. The highest BCUT2D eigenvalue weighted by molar-refractivity contribution is 5.99. The maximum Gasteiger partial charge on any atom is 0.407 e. The first-order valence-electron chi connectivity index (χ1n) is 13.2. The van der Waals surface area contributed by atoms with E-state index in [1.165, 1.54) is 7.11 Å². The fourth-order valence-electron chi connectivity index (χ4n) is 7.12. The molecule has 4 saturated carbocycles. The van der Waals surface area contributed by atoms with E-state index in [-0.39, 0.29) is 29.7 Å². The Morgan fingerprint density at radius 1 is 1.19 bits per heavy atom. The van der Waals surface area contributed by atoms with Gasteiger partial charge in [-0.1, -0.05) is 0 Å². The summed E-state index contributed by atoms with van der Waals surface area (Å²) >= 11 is 0. The van der Waals surface area contributed by atoms with Crippen molar-refractivity contribution in [1.29, 1.82) is 0 Å². The number of rotatable bonds is 7. The van der Waals surface area contributed by atoms with E-state index in [4.69, 9.17) is 15.2 Å². The second-order valence-corrected chi connectivity index (χ2v) is 11.7. The summed E-state index contributed by atoms with van der Waals surface area (Å²) in [5.41, 5.74) is 5.26. The molecule has 5 aliphatic rings. The van der Waals surface area contributed by atoms with Crippen molar-refractivity contribution in [3.8, 4) is 0 Å². The van der Waals surface area contributed by atoms with Gasteiger partial charge in [0.05, 0.1) is 32.1 Å². The van der Waals surface area contributed by atoms with Crippen LogP contribution in [0.25, 0.3) is 6.20 Å². The summed E-state index contributed by atoms with van der Waals surface area (Å²) in [6, 6.07) is 0.0381. The summed E-state index contributed by atoms with van der Waals surface area (Å²) < 4.78 is 11.9. The number of aromatic nitrogens is 2. The van der Waals surface area contributed by atoms with E-state index in [0.29, 0.717) is 43.6 Å². The van der Waals surface area contributed by atoms with Gasteiger partial charge in [-0.25, -0.2) is 9.48 Å². The maximum absolute atomic E-state index is 13.7. The molecule has 0 radical (unpaired) electrons. The van der Waals surface area contributed by atoms with Gasteiger partial charge >= 0.3 is 6.09 Å². The highest BCUT2D eigenvalue weighted by Gasteiger charge is 2.58. The standard InChI is InChI=1S/C26H38N6O5/c1-25(2,30-24(35)36-3)4-5-32-22(31-6-8-37-9-7-31)19(15-28-32)21(33)29-20-17-10-16-11-18(20)14-26(12-16,13-17)23(27)34/h4-5,15-18,20H,6-14H2,1-3H3,(H2,27,34)(H,29,33)(H,30,35). The monoisotopic (exact) mass is 514 g/mol. The summed E-state index contributed by atoms with van der Waals surface area (Å²) in [4.78, 5) is 39.8. The minimum absolute atomic E-state index is 0.0381. The highest BCUT2D eigenvalue weighted by atomic mass is 16.5. The third-order valence-corrected chi connectivity index (χ3v) is 8.66. The van der Waals surface area contributed by atoms with Crippen molar-refractivity contribution in [2.24, 2.45) is 28.9 Å². The second-order valence-electron chi connectivity index (χ2n) is 11.7. The third-order valence-electron chi connectivity index (χ3n) is 8.66. The summed E-state index contributed by atoms with van der Waals surface area (Å²) in [5, 5.41) is 10.6. The van der Waals surface area contributed by atoms with Crippen molar-refractivity contribution in [1.82, 2.24) is 20.4 Å². The van der Waals surface area contributed by atoms with Crippen LogP contribution in [0.1, 0.15) is 56.3 Å². The number of primary amides is 1. The van der Waals surface area contributed by atoms with Crippen LogP contribution in [-0.4, -0.2) is 72.7 Å². The number of alkyl carbamates (subject to hydrolysis) is 1. The maximum atomic E-state index is 13.7. The topological polar surface area (TPSA) is 141 Å². The van der Waals surface area contributed by atoms with E-state index in [9.17, 15) is 14.4 Å². The van der Waals surface area contributed by atoms with Gasteiger partial charge < -0.3 is 30.7 Å². The van der Waals surface area contributed by atoms with Crippen LogP contribution in [0, 0.1) is 23.2 Å². The SMILES string of the molecule is COC(=O)NC(C)(C)C=Cn1ncc(C(=O)NC2C3CC4CC2CC(C(N)=O)(C4)C3)c1N1CCOCC1. The van der Waals surface area contributed by atoms with Gasteiger partial charge in [-0.05, 0) is 69.8 Å². The number of carbonyl (C=O) groups excluding carboxylic acids is 3. The highest BCUT2D eigenvalue weighted by Crippen LogP contribution is 2.60. The van der Waals surface area contributed by atoms with E-state index in [1.807, 2.05) is 19.9 Å². The van der Waals surface area contributed by atoms with E-state index >= 15 is 0 Å². The Morgan fingerprint density at radius 2 is 1.86 bits per heavy atom. The molecule has 6 rings (SSSR count). The number of nitrogens with one attached hydrogen (secondary N) is 2. The molecule has 5 fully saturated rings. The van der Waals surface area contributed by atoms with Gasteiger partial charge in [-0.15, -0.1) is 0 Å². The third kappa shape index (κ3) is 4.93. The molecule has 2 atom stereocenters. The molecule has 202 valence electrons. The van der Waals surface area contributed by atoms with Gasteiger partial charge in [-0.3, -0.25) is 9.59 Å². The first kappa shape index (κ1) is 25.6. The number of ether oxygens (including phenoxy) is 2. The molecule has 1 aromatic rings. The summed E-state index contributed by atoms with van der Waals surface area (Å²) in [5.74, 6) is 1.44. The summed E-state index contributed by atoms with van der Waals surface area (Å²) in [7, 11) is 1.32. The van der Waals surface area contributed by atoms with Crippen LogP contribution < -0.4 is 21.3 Å². The molecule has 4 aliphatic carbocycles. The van der Waals surface area contributed by atoms with E-state index < -0.39 is 17.0 Å². The fourth-order valence-corrected chi connectivity index (χ4v) is 7.12. The molecule has 11 nitrogen and oxygen atoms in total. The molecule has 3 amide bonds. The van der Waals surface area contributed by atoms with E-state index in [0.717, 1.165) is 32.1 Å². The Kier molecular flexibility index (Phi) is 6.68. The van der Waals surface area contributed by atoms with E-state index in [1.54, 1.807) is 17.1 Å². The molecule has 0 aromatic carbocycles. The van der Waals surface area contributed by atoms with Crippen LogP contribution in [-0.2, 0) is 14.3 Å². The van der Waals surface area contributed by atoms with Crippen molar-refractivity contribution < 1.29 is 23.9 Å². The number of hydrogen-bond donors (Lipinski definition) is 3. The quantitative estimate of drug-likeness (QED) is 0.503. The lowest BCUT2D eigenvalue weighted by atomic mass is 9.47. The molecule has 4 N–H and O–H groups in total. The molecule has 2 heterocycles. The lowest BCUT2D eigenvalue weighted by Crippen LogP contribution is -2.62. The summed E-state index contributed by atoms with van der Waals surface area (Å²) in [6.45, 7) is 6.10. The molecule has 4 bridgehead atoms. The second kappa shape index (κ2) is 9.66. The number of nitrogens with zero attached hydrogens (tertiary/aromatic N) is 3. The van der Waals surface area contributed by atoms with Gasteiger partial charge in [0.1, 0.15) is 11.4 Å². The minimum Gasteiger partial charge on any atom is -0.453 e. The lowest BCUT2D eigenvalue weighted by molar-refractivity contribution is -0.145. The Morgan fingerprint density at radius 3 is 2.49 bits per heavy atom. The molecule has 1 aliphatic heterocycles. The van der Waals surface area contributed by atoms with Crippen LogP contribution in [0.4, 0.5) is 10.6 Å². The normalized spacial score (nSPS) is 30.9. The zero-order chi connectivity index (χ0) is 26.4. The minimum atomic E-state index is -0.694. The van der Waals surface area contributed by atoms with Gasteiger partial charge in [0.15, 0.2) is 0 Å². The van der Waals surface area contributed by atoms with Crippen LogP contribution in [0.3, 0.4) is 0 Å². The Hall–Kier alpha value is -3.08. The Balaban J connectivity index is 1.38. The van der Waals surface area contributed by atoms with Crippen LogP contribution in [0.15, 0.2) is 12.3 Å². The van der Waals surface area contributed by atoms with Gasteiger partial charge in [0.2, 0.25) is 5.91 Å². The number of carbonyl (C=O) groups is 3.